The number of fused-ring (bicyclic) bond motifs is 1. The van der Waals surface area contributed by atoms with Gasteiger partial charge in [-0.25, -0.2) is 4.79 Å². The molecule has 2 atom stereocenters. The average molecular weight is 386 g/mol. The van der Waals surface area contributed by atoms with E-state index >= 15 is 0 Å². The maximum atomic E-state index is 13.0. The number of carbonyl (C=O) groups is 3. The van der Waals surface area contributed by atoms with Gasteiger partial charge in [-0.1, -0.05) is 24.3 Å². The Morgan fingerprint density at radius 2 is 1.75 bits per heavy atom. The van der Waals surface area contributed by atoms with Gasteiger partial charge in [0.05, 0.1) is 13.0 Å². The molecule has 2 rings (SSSR count). The lowest BCUT2D eigenvalue weighted by Crippen LogP contribution is -2.48. The zero-order valence-corrected chi connectivity index (χ0v) is 16.6. The minimum absolute atomic E-state index is 0.126. The normalized spacial score (nSPS) is 12.9. The third-order valence-electron chi connectivity index (χ3n) is 4.78. The van der Waals surface area contributed by atoms with Crippen molar-refractivity contribution in [3.05, 3.63) is 42.0 Å². The van der Waals surface area contributed by atoms with Crippen molar-refractivity contribution in [1.82, 2.24) is 10.2 Å². The number of hydrogen-bond donors (Lipinski definition) is 2. The molecule has 2 unspecified atom stereocenters. The third-order valence-corrected chi connectivity index (χ3v) is 4.78. The predicted molar refractivity (Wildman–Crippen MR) is 106 cm³/mol. The molecular weight excluding hydrogens is 360 g/mol. The maximum absolute atomic E-state index is 13.0. The standard InChI is InChI=1S/C21H26N2O5/c1-13(16-5-6-18-12-19(28-4)8-7-17(18)11-16)20(25)23(14(2)21(26)27)10-9-22-15(3)24/h5-8,11-14H,9-10H2,1-4H3,(H,22,24)(H,26,27). The second-order valence-electron chi connectivity index (χ2n) is 6.72. The summed E-state index contributed by atoms with van der Waals surface area (Å²) in [4.78, 5) is 36.9. The minimum atomic E-state index is -1.09. The molecule has 0 aliphatic heterocycles. The first kappa shape index (κ1) is 21.2. The average Bonchev–Trinajstić information content (AvgIpc) is 2.68. The van der Waals surface area contributed by atoms with E-state index in [1.54, 1.807) is 14.0 Å². The molecule has 0 aliphatic carbocycles. The van der Waals surface area contributed by atoms with Gasteiger partial charge >= 0.3 is 5.97 Å². The fraction of sp³-hybridized carbons (Fsp3) is 0.381. The van der Waals surface area contributed by atoms with Crippen LogP contribution in [0.2, 0.25) is 0 Å². The number of methoxy groups -OCH3 is 1. The first-order valence-corrected chi connectivity index (χ1v) is 9.10. The van der Waals surface area contributed by atoms with Crippen LogP contribution in [0.15, 0.2) is 36.4 Å². The van der Waals surface area contributed by atoms with Crippen molar-refractivity contribution in [3.8, 4) is 5.75 Å². The number of nitrogens with zero attached hydrogens (tertiary/aromatic N) is 1. The van der Waals surface area contributed by atoms with E-state index in [4.69, 9.17) is 4.74 Å². The first-order chi connectivity index (χ1) is 13.2. The summed E-state index contributed by atoms with van der Waals surface area (Å²) in [6.07, 6.45) is 0. The van der Waals surface area contributed by atoms with Crippen LogP contribution < -0.4 is 10.1 Å². The highest BCUT2D eigenvalue weighted by atomic mass is 16.5. The van der Waals surface area contributed by atoms with E-state index in [2.05, 4.69) is 5.32 Å². The van der Waals surface area contributed by atoms with Crippen LogP contribution in [0.25, 0.3) is 10.8 Å². The van der Waals surface area contributed by atoms with Crippen LogP contribution in [0, 0.1) is 0 Å². The molecule has 2 N–H and O–H groups in total. The molecule has 0 spiro atoms. The Morgan fingerprint density at radius 1 is 1.11 bits per heavy atom. The fourth-order valence-corrected chi connectivity index (χ4v) is 3.01. The number of ether oxygens (including phenoxy) is 1. The van der Waals surface area contributed by atoms with Gasteiger partial charge in [-0.15, -0.1) is 0 Å². The van der Waals surface area contributed by atoms with E-state index in [-0.39, 0.29) is 24.9 Å². The molecule has 7 heteroatoms. The van der Waals surface area contributed by atoms with E-state index < -0.39 is 17.9 Å². The van der Waals surface area contributed by atoms with Crippen molar-refractivity contribution in [2.45, 2.75) is 32.7 Å². The molecule has 28 heavy (non-hydrogen) atoms. The van der Waals surface area contributed by atoms with Gasteiger partial charge in [-0.05, 0) is 42.3 Å². The molecule has 0 saturated heterocycles. The van der Waals surface area contributed by atoms with Crippen LogP contribution in [0.1, 0.15) is 32.3 Å². The molecule has 0 heterocycles. The highest BCUT2D eigenvalue weighted by molar-refractivity contribution is 5.90. The molecule has 0 saturated carbocycles. The molecule has 0 aliphatic rings. The topological polar surface area (TPSA) is 95.9 Å². The van der Waals surface area contributed by atoms with Crippen LogP contribution in [0.4, 0.5) is 0 Å². The Labute approximate surface area is 164 Å². The summed E-state index contributed by atoms with van der Waals surface area (Å²) in [7, 11) is 1.61. The number of hydrogen-bond acceptors (Lipinski definition) is 4. The Balaban J connectivity index is 2.25. The van der Waals surface area contributed by atoms with Crippen molar-refractivity contribution < 1.29 is 24.2 Å². The summed E-state index contributed by atoms with van der Waals surface area (Å²) in [5.41, 5.74) is 0.796. The Kier molecular flexibility index (Phi) is 6.98. The Morgan fingerprint density at radius 3 is 2.36 bits per heavy atom. The second-order valence-corrected chi connectivity index (χ2v) is 6.72. The van der Waals surface area contributed by atoms with Crippen molar-refractivity contribution in [2.75, 3.05) is 20.2 Å². The predicted octanol–water partition coefficient (Wildman–Crippen LogP) is 2.39. The molecule has 150 valence electrons. The van der Waals surface area contributed by atoms with Gasteiger partial charge in [0.15, 0.2) is 0 Å². The highest BCUT2D eigenvalue weighted by Crippen LogP contribution is 2.26. The second kappa shape index (κ2) is 9.21. The Hall–Kier alpha value is -3.09. The van der Waals surface area contributed by atoms with E-state index in [1.165, 1.54) is 18.7 Å². The monoisotopic (exact) mass is 386 g/mol. The van der Waals surface area contributed by atoms with Crippen LogP contribution in [0.5, 0.6) is 5.75 Å². The van der Waals surface area contributed by atoms with Crippen molar-refractivity contribution in [2.24, 2.45) is 0 Å². The summed E-state index contributed by atoms with van der Waals surface area (Å²) >= 11 is 0. The number of benzene rings is 2. The largest absolute Gasteiger partial charge is 0.497 e. The highest BCUT2D eigenvalue weighted by Gasteiger charge is 2.29. The molecule has 0 aromatic heterocycles. The zero-order chi connectivity index (χ0) is 20.8. The van der Waals surface area contributed by atoms with Gasteiger partial charge in [0.1, 0.15) is 11.8 Å². The molecule has 0 fully saturated rings. The van der Waals surface area contributed by atoms with Crippen molar-refractivity contribution in [1.29, 1.82) is 0 Å². The number of nitrogens with one attached hydrogen (secondary N) is 1. The molecule has 0 bridgehead atoms. The van der Waals surface area contributed by atoms with E-state index in [1.807, 2.05) is 36.4 Å². The molecule has 2 aromatic rings. The minimum Gasteiger partial charge on any atom is -0.497 e. The smallest absolute Gasteiger partial charge is 0.326 e. The number of rotatable bonds is 8. The van der Waals surface area contributed by atoms with Gasteiger partial charge < -0.3 is 20.1 Å². The Bertz CT molecular complexity index is 880. The van der Waals surface area contributed by atoms with Crippen molar-refractivity contribution >= 4 is 28.6 Å². The summed E-state index contributed by atoms with van der Waals surface area (Å²) in [5, 5.41) is 13.9. The molecule has 2 aromatic carbocycles. The number of aliphatic carboxylic acids is 1. The lowest BCUT2D eigenvalue weighted by Gasteiger charge is -2.29. The van der Waals surface area contributed by atoms with Gasteiger partial charge in [-0.2, -0.15) is 0 Å². The third kappa shape index (κ3) is 5.00. The van der Waals surface area contributed by atoms with Crippen LogP contribution in [0.3, 0.4) is 0 Å². The zero-order valence-electron chi connectivity index (χ0n) is 16.6. The van der Waals surface area contributed by atoms with E-state index in [0.29, 0.717) is 0 Å². The van der Waals surface area contributed by atoms with Gasteiger partial charge in [0.2, 0.25) is 11.8 Å². The van der Waals surface area contributed by atoms with Crippen LogP contribution in [-0.2, 0) is 14.4 Å². The van der Waals surface area contributed by atoms with E-state index in [0.717, 1.165) is 22.1 Å². The fourth-order valence-electron chi connectivity index (χ4n) is 3.01. The summed E-state index contributed by atoms with van der Waals surface area (Å²) in [6.45, 7) is 4.92. The number of carboxylic acid groups (broad SMARTS) is 1. The summed E-state index contributed by atoms with van der Waals surface area (Å²) in [5.74, 6) is -1.38. The SMILES string of the molecule is COc1ccc2cc(C(C)C(=O)N(CCNC(C)=O)C(C)C(=O)O)ccc2c1. The number of amides is 2. The maximum Gasteiger partial charge on any atom is 0.326 e. The lowest BCUT2D eigenvalue weighted by molar-refractivity contribution is -0.149. The van der Waals surface area contributed by atoms with Crippen LogP contribution in [-0.4, -0.2) is 54.0 Å². The van der Waals surface area contributed by atoms with Crippen LogP contribution >= 0.6 is 0 Å². The molecule has 7 nitrogen and oxygen atoms in total. The molecule has 0 radical (unpaired) electrons. The molecule has 2 amide bonds. The van der Waals surface area contributed by atoms with Crippen molar-refractivity contribution in [3.63, 3.8) is 0 Å². The summed E-state index contributed by atoms with van der Waals surface area (Å²) in [6, 6.07) is 10.4. The quantitative estimate of drug-likeness (QED) is 0.726. The van der Waals surface area contributed by atoms with Gasteiger partial charge in [0.25, 0.3) is 0 Å². The van der Waals surface area contributed by atoms with Gasteiger partial charge in [-0.3, -0.25) is 9.59 Å². The summed E-state index contributed by atoms with van der Waals surface area (Å²) < 4.78 is 5.23. The first-order valence-electron chi connectivity index (χ1n) is 9.10. The van der Waals surface area contributed by atoms with Gasteiger partial charge in [0, 0.05) is 20.0 Å². The molecular formula is C21H26N2O5. The van der Waals surface area contributed by atoms with E-state index in [9.17, 15) is 19.5 Å². The number of carboxylic acids is 1. The number of carbonyl (C=O) groups excluding carboxylic acids is 2. The lowest BCUT2D eigenvalue weighted by atomic mass is 9.96.